The molecule has 3 nitrogen and oxygen atoms in total. The fourth-order valence-electron chi connectivity index (χ4n) is 3.43. The smallest absolute Gasteiger partial charge is 0.237 e. The van der Waals surface area contributed by atoms with Crippen molar-refractivity contribution in [3.8, 4) is 0 Å². The summed E-state index contributed by atoms with van der Waals surface area (Å²) in [6.07, 6.45) is 16.5. The van der Waals surface area contributed by atoms with Crippen molar-refractivity contribution in [2.45, 2.75) is 73.8 Å². The molecule has 0 spiro atoms. The Balaban J connectivity index is 2.60. The van der Waals surface area contributed by atoms with Crippen LogP contribution in [0.15, 0.2) is 58.7 Å². The van der Waals surface area contributed by atoms with Gasteiger partial charge in [-0.05, 0) is 56.9 Å². The molecule has 1 amide bonds. The maximum Gasteiger partial charge on any atom is 0.237 e. The van der Waals surface area contributed by atoms with Gasteiger partial charge >= 0.3 is 0 Å². The van der Waals surface area contributed by atoms with Gasteiger partial charge in [-0.2, -0.15) is 0 Å². The second-order valence-electron chi connectivity index (χ2n) is 9.00. The van der Waals surface area contributed by atoms with Crippen LogP contribution in [0, 0.1) is 11.3 Å². The minimum Gasteiger partial charge on any atom is -0.351 e. The Labute approximate surface area is 172 Å². The molecule has 0 saturated heterocycles. The van der Waals surface area contributed by atoms with E-state index in [0.29, 0.717) is 6.54 Å². The molecule has 1 unspecified atom stereocenters. The molecule has 0 heterocycles. The molecule has 1 aliphatic rings. The van der Waals surface area contributed by atoms with Gasteiger partial charge in [0.25, 0.3) is 0 Å². The molecule has 28 heavy (non-hydrogen) atoms. The first kappa shape index (κ1) is 24.2. The SMILES string of the molecule is CC(C=CC1=C(C)CCCC1(C)C)=CC=CC(C)=CCNC(=O)C(N)C(C)C. The van der Waals surface area contributed by atoms with Crippen LogP contribution in [0.25, 0.3) is 0 Å². The number of hydrogen-bond donors (Lipinski definition) is 2. The Morgan fingerprint density at radius 2 is 1.89 bits per heavy atom. The molecule has 0 aromatic heterocycles. The quantitative estimate of drug-likeness (QED) is 0.534. The standard InChI is InChI=1S/C25H40N2O/c1-18(2)23(26)24(28)27-17-15-20(4)11-8-10-19(3)13-14-22-21(5)12-9-16-25(22,6)7/h8,10-11,13-15,18,23H,9,12,16-17,26H2,1-7H3,(H,27,28). The Morgan fingerprint density at radius 3 is 2.50 bits per heavy atom. The van der Waals surface area contributed by atoms with Crippen molar-refractivity contribution in [2.75, 3.05) is 6.54 Å². The average molecular weight is 385 g/mol. The maximum atomic E-state index is 11.8. The molecule has 1 rings (SSSR count). The molecule has 0 aliphatic heterocycles. The third-order valence-electron chi connectivity index (χ3n) is 5.49. The van der Waals surface area contributed by atoms with Gasteiger partial charge in [0.2, 0.25) is 5.91 Å². The first-order chi connectivity index (χ1) is 13.0. The molecule has 0 bridgehead atoms. The molecule has 0 saturated carbocycles. The van der Waals surface area contributed by atoms with E-state index in [-0.39, 0.29) is 17.2 Å². The van der Waals surface area contributed by atoms with Gasteiger partial charge in [-0.1, -0.05) is 80.9 Å². The minimum absolute atomic E-state index is 0.0980. The highest BCUT2D eigenvalue weighted by molar-refractivity contribution is 5.81. The lowest BCUT2D eigenvalue weighted by molar-refractivity contribution is -0.123. The average Bonchev–Trinajstić information content (AvgIpc) is 2.59. The van der Waals surface area contributed by atoms with Crippen LogP contribution in [0.1, 0.15) is 67.7 Å². The Hall–Kier alpha value is -1.87. The summed E-state index contributed by atoms with van der Waals surface area (Å²) in [4.78, 5) is 11.8. The summed E-state index contributed by atoms with van der Waals surface area (Å²) < 4.78 is 0. The second-order valence-corrected chi connectivity index (χ2v) is 9.00. The predicted octanol–water partition coefficient (Wildman–Crippen LogP) is 5.62. The van der Waals surface area contributed by atoms with E-state index in [1.54, 1.807) is 0 Å². The molecule has 156 valence electrons. The zero-order valence-electron chi connectivity index (χ0n) is 18.9. The predicted molar refractivity (Wildman–Crippen MR) is 122 cm³/mol. The number of nitrogens with one attached hydrogen (secondary N) is 1. The first-order valence-electron chi connectivity index (χ1n) is 10.5. The van der Waals surface area contributed by atoms with Crippen LogP contribution in [0.5, 0.6) is 0 Å². The lowest BCUT2D eigenvalue weighted by atomic mass is 9.72. The van der Waals surface area contributed by atoms with Crippen molar-refractivity contribution < 1.29 is 4.79 Å². The van der Waals surface area contributed by atoms with Crippen LogP contribution in [0.2, 0.25) is 0 Å². The van der Waals surface area contributed by atoms with Gasteiger partial charge in [-0.25, -0.2) is 0 Å². The molecule has 0 aromatic carbocycles. The van der Waals surface area contributed by atoms with Gasteiger partial charge in [0.1, 0.15) is 0 Å². The fourth-order valence-corrected chi connectivity index (χ4v) is 3.43. The van der Waals surface area contributed by atoms with Crippen LogP contribution in [0.4, 0.5) is 0 Å². The number of hydrogen-bond acceptors (Lipinski definition) is 2. The summed E-state index contributed by atoms with van der Waals surface area (Å²) in [7, 11) is 0. The molecule has 0 fully saturated rings. The fraction of sp³-hybridized carbons (Fsp3) is 0.560. The summed E-state index contributed by atoms with van der Waals surface area (Å²) in [6.45, 7) is 15.5. The zero-order chi connectivity index (χ0) is 21.3. The number of rotatable bonds is 8. The van der Waals surface area contributed by atoms with E-state index in [4.69, 9.17) is 5.73 Å². The van der Waals surface area contributed by atoms with Crippen LogP contribution in [-0.2, 0) is 4.79 Å². The molecule has 3 heteroatoms. The monoisotopic (exact) mass is 384 g/mol. The van der Waals surface area contributed by atoms with Gasteiger partial charge in [0.05, 0.1) is 6.04 Å². The van der Waals surface area contributed by atoms with E-state index in [1.807, 2.05) is 26.8 Å². The van der Waals surface area contributed by atoms with Crippen molar-refractivity contribution in [2.24, 2.45) is 17.1 Å². The van der Waals surface area contributed by atoms with Gasteiger partial charge < -0.3 is 11.1 Å². The molecule has 1 aliphatic carbocycles. The molecular weight excluding hydrogens is 344 g/mol. The molecular formula is C25H40N2O. The van der Waals surface area contributed by atoms with E-state index in [2.05, 4.69) is 63.4 Å². The first-order valence-corrected chi connectivity index (χ1v) is 10.5. The van der Waals surface area contributed by atoms with E-state index in [0.717, 1.165) is 5.57 Å². The van der Waals surface area contributed by atoms with E-state index < -0.39 is 6.04 Å². The van der Waals surface area contributed by atoms with Gasteiger partial charge in [-0.3, -0.25) is 4.79 Å². The third-order valence-corrected chi connectivity index (χ3v) is 5.49. The summed E-state index contributed by atoms with van der Waals surface area (Å²) in [5.74, 6) is 0.0454. The van der Waals surface area contributed by atoms with Crippen molar-refractivity contribution in [1.29, 1.82) is 0 Å². The largest absolute Gasteiger partial charge is 0.351 e. The summed E-state index contributed by atoms with van der Waals surface area (Å²) in [6, 6.07) is -0.450. The van der Waals surface area contributed by atoms with Crippen LogP contribution < -0.4 is 11.1 Å². The number of amides is 1. The van der Waals surface area contributed by atoms with Gasteiger partial charge in [0, 0.05) is 6.54 Å². The van der Waals surface area contributed by atoms with E-state index >= 15 is 0 Å². The Kier molecular flexibility index (Phi) is 9.68. The number of carbonyl (C=O) groups excluding carboxylic acids is 1. The van der Waals surface area contributed by atoms with Crippen LogP contribution >= 0.6 is 0 Å². The highest BCUT2D eigenvalue weighted by Gasteiger charge is 2.26. The molecule has 1 atom stereocenters. The van der Waals surface area contributed by atoms with Crippen molar-refractivity contribution in [3.05, 3.63) is 58.7 Å². The number of carbonyl (C=O) groups is 1. The number of allylic oxidation sites excluding steroid dienone is 9. The Morgan fingerprint density at radius 1 is 1.21 bits per heavy atom. The Bertz CT molecular complexity index is 687. The van der Waals surface area contributed by atoms with Crippen molar-refractivity contribution >= 4 is 5.91 Å². The topological polar surface area (TPSA) is 55.1 Å². The van der Waals surface area contributed by atoms with Gasteiger partial charge in [0.15, 0.2) is 0 Å². The molecule has 3 N–H and O–H groups in total. The normalized spacial score (nSPS) is 19.8. The highest BCUT2D eigenvalue weighted by Crippen LogP contribution is 2.40. The van der Waals surface area contributed by atoms with E-state index in [1.165, 1.54) is 36.0 Å². The summed E-state index contributed by atoms with van der Waals surface area (Å²) >= 11 is 0. The summed E-state index contributed by atoms with van der Waals surface area (Å²) in [5, 5.41) is 2.86. The summed E-state index contributed by atoms with van der Waals surface area (Å²) in [5.41, 5.74) is 11.5. The van der Waals surface area contributed by atoms with Gasteiger partial charge in [-0.15, -0.1) is 0 Å². The van der Waals surface area contributed by atoms with Crippen molar-refractivity contribution in [1.82, 2.24) is 5.32 Å². The van der Waals surface area contributed by atoms with E-state index in [9.17, 15) is 4.79 Å². The zero-order valence-corrected chi connectivity index (χ0v) is 18.9. The van der Waals surface area contributed by atoms with Crippen LogP contribution in [-0.4, -0.2) is 18.5 Å². The van der Waals surface area contributed by atoms with Crippen molar-refractivity contribution in [3.63, 3.8) is 0 Å². The molecule has 0 aromatic rings. The minimum atomic E-state index is -0.450. The lowest BCUT2D eigenvalue weighted by Gasteiger charge is -2.32. The second kappa shape index (κ2) is 11.2. The highest BCUT2D eigenvalue weighted by atomic mass is 16.2. The maximum absolute atomic E-state index is 11.8. The van der Waals surface area contributed by atoms with Crippen LogP contribution in [0.3, 0.4) is 0 Å². The third kappa shape index (κ3) is 8.02. The number of nitrogens with two attached hydrogens (primary N) is 1. The lowest BCUT2D eigenvalue weighted by Crippen LogP contribution is -2.43. The molecule has 0 radical (unpaired) electrons.